The van der Waals surface area contributed by atoms with Crippen LogP contribution < -0.4 is 0 Å². The van der Waals surface area contributed by atoms with Crippen molar-refractivity contribution in [2.24, 2.45) is 5.92 Å². The van der Waals surface area contributed by atoms with Gasteiger partial charge in [0.05, 0.1) is 6.10 Å². The van der Waals surface area contributed by atoms with E-state index in [1.54, 1.807) is 0 Å². The van der Waals surface area contributed by atoms with Crippen LogP contribution >= 0.6 is 0 Å². The number of carbonyl (C=O) groups excluding carboxylic acids is 1. The van der Waals surface area contributed by atoms with Crippen molar-refractivity contribution in [2.45, 2.75) is 123 Å². The minimum absolute atomic E-state index is 0.0137. The van der Waals surface area contributed by atoms with E-state index in [4.69, 9.17) is 9.84 Å². The molecule has 0 radical (unpaired) electrons. The van der Waals surface area contributed by atoms with Gasteiger partial charge in [0, 0.05) is 32.1 Å². The number of fused-ring (bicyclic) bond motifs is 1. The lowest BCUT2D eigenvalue weighted by atomic mass is 9.88. The van der Waals surface area contributed by atoms with Crippen LogP contribution in [0, 0.1) is 5.92 Å². The average molecular weight is 423 g/mol. The van der Waals surface area contributed by atoms with Crippen LogP contribution in [-0.4, -0.2) is 39.8 Å². The van der Waals surface area contributed by atoms with Crippen LogP contribution in [0.4, 0.5) is 8.78 Å². The summed E-state index contributed by atoms with van der Waals surface area (Å²) in [7, 11) is 0. The number of carbonyl (C=O) groups is 2. The first-order valence-corrected chi connectivity index (χ1v) is 11.2. The molecule has 1 heterocycles. The molecular formula is C22H40F2O5. The van der Waals surface area contributed by atoms with E-state index in [0.717, 1.165) is 19.3 Å². The number of aliphatic carboxylic acids is 1. The molecule has 2 aliphatic rings. The van der Waals surface area contributed by atoms with E-state index in [9.17, 15) is 23.5 Å². The molecule has 1 aliphatic heterocycles. The molecule has 7 heteroatoms. The van der Waals surface area contributed by atoms with E-state index in [0.29, 0.717) is 32.1 Å². The van der Waals surface area contributed by atoms with Gasteiger partial charge in [0.2, 0.25) is 5.79 Å². The molecule has 172 valence electrons. The van der Waals surface area contributed by atoms with Crippen molar-refractivity contribution < 1.29 is 33.3 Å². The van der Waals surface area contributed by atoms with Gasteiger partial charge in [-0.3, -0.25) is 9.59 Å². The van der Waals surface area contributed by atoms with E-state index in [1.165, 1.54) is 6.42 Å². The lowest BCUT2D eigenvalue weighted by Crippen LogP contribution is -2.55. The van der Waals surface area contributed by atoms with E-state index in [2.05, 4.69) is 6.92 Å². The first kappa shape index (κ1) is 27.9. The highest BCUT2D eigenvalue weighted by Gasteiger charge is 2.58. The maximum absolute atomic E-state index is 14.0. The van der Waals surface area contributed by atoms with Gasteiger partial charge in [0.25, 0.3) is 0 Å². The fourth-order valence-electron chi connectivity index (χ4n) is 3.58. The highest BCUT2D eigenvalue weighted by molar-refractivity contribution is 5.81. The summed E-state index contributed by atoms with van der Waals surface area (Å²) < 4.78 is 33.2. The third-order valence-corrected chi connectivity index (χ3v) is 5.30. The smallest absolute Gasteiger partial charge is 0.303 e. The molecule has 0 aromatic heterocycles. The maximum atomic E-state index is 14.0. The monoisotopic (exact) mass is 422 g/mol. The molecule has 0 spiro atoms. The summed E-state index contributed by atoms with van der Waals surface area (Å²) in [5.74, 6) is -6.23. The zero-order valence-corrected chi connectivity index (χ0v) is 18.5. The highest BCUT2D eigenvalue weighted by atomic mass is 19.3. The number of unbranched alkanes of at least 4 members (excludes halogenated alkanes) is 4. The fraction of sp³-hybridized carbons (Fsp3) is 0.909. The Hall–Kier alpha value is -1.08. The molecular weight excluding hydrogens is 382 g/mol. The standard InChI is InChI=1S/C13H20F2O3.C7H14O2.C2H6/c1-2-3-5-12(14,15)13(17)6-4-9-7-10(16)8-11(9)18-13;1-2-3-4-5-6-7(8)9;1-2/h9,11,17H,2-8H2,1H3;2-6H2,1H3,(H,8,9);1-2H3/t9?,11?,13-;;/m1../s1. The van der Waals surface area contributed by atoms with Gasteiger partial charge in [0.15, 0.2) is 0 Å². The van der Waals surface area contributed by atoms with Crippen molar-refractivity contribution in [1.29, 1.82) is 0 Å². The molecule has 0 amide bonds. The number of ether oxygens (including phenoxy) is 1. The van der Waals surface area contributed by atoms with Crippen molar-refractivity contribution in [3.05, 3.63) is 0 Å². The van der Waals surface area contributed by atoms with Gasteiger partial charge >= 0.3 is 11.9 Å². The van der Waals surface area contributed by atoms with Gasteiger partial charge in [0.1, 0.15) is 5.78 Å². The first-order chi connectivity index (χ1) is 13.6. The lowest BCUT2D eigenvalue weighted by molar-refractivity contribution is -0.355. The Morgan fingerprint density at radius 1 is 1.14 bits per heavy atom. The molecule has 2 rings (SSSR count). The summed E-state index contributed by atoms with van der Waals surface area (Å²) in [6.45, 7) is 7.94. The normalized spacial score (nSPS) is 26.0. The molecule has 2 fully saturated rings. The molecule has 1 saturated carbocycles. The Labute approximate surface area is 174 Å². The summed E-state index contributed by atoms with van der Waals surface area (Å²) in [6, 6.07) is 0. The summed E-state index contributed by atoms with van der Waals surface area (Å²) >= 11 is 0. The van der Waals surface area contributed by atoms with Crippen LogP contribution in [0.3, 0.4) is 0 Å². The first-order valence-electron chi connectivity index (χ1n) is 11.2. The van der Waals surface area contributed by atoms with Crippen molar-refractivity contribution >= 4 is 11.8 Å². The third-order valence-electron chi connectivity index (χ3n) is 5.30. The van der Waals surface area contributed by atoms with Crippen LogP contribution in [0.25, 0.3) is 0 Å². The Kier molecular flexibility index (Phi) is 13.5. The fourth-order valence-corrected chi connectivity index (χ4v) is 3.58. The lowest BCUT2D eigenvalue weighted by Gasteiger charge is -2.43. The summed E-state index contributed by atoms with van der Waals surface area (Å²) in [4.78, 5) is 21.3. The Balaban J connectivity index is 0.000000606. The van der Waals surface area contributed by atoms with Crippen molar-refractivity contribution in [1.82, 2.24) is 0 Å². The molecule has 29 heavy (non-hydrogen) atoms. The molecule has 0 aromatic rings. The number of aliphatic hydroxyl groups is 1. The number of rotatable bonds is 9. The Morgan fingerprint density at radius 3 is 2.31 bits per heavy atom. The Bertz CT molecular complexity index is 484. The van der Waals surface area contributed by atoms with Gasteiger partial charge in [-0.05, 0) is 25.2 Å². The topological polar surface area (TPSA) is 83.8 Å². The summed E-state index contributed by atoms with van der Waals surface area (Å²) in [6.07, 6.45) is 5.58. The largest absolute Gasteiger partial charge is 0.481 e. The van der Waals surface area contributed by atoms with Gasteiger partial charge in [-0.25, -0.2) is 8.78 Å². The molecule has 1 aliphatic carbocycles. The second kappa shape index (κ2) is 14.0. The zero-order chi connectivity index (χ0) is 22.5. The van der Waals surface area contributed by atoms with E-state index in [1.807, 2.05) is 20.8 Å². The van der Waals surface area contributed by atoms with E-state index < -0.39 is 23.8 Å². The number of hydrogen-bond acceptors (Lipinski definition) is 4. The minimum atomic E-state index is -3.24. The summed E-state index contributed by atoms with van der Waals surface area (Å²) in [5, 5.41) is 18.3. The second-order valence-electron chi connectivity index (χ2n) is 7.70. The molecule has 0 aromatic carbocycles. The van der Waals surface area contributed by atoms with Crippen LogP contribution in [-0.2, 0) is 14.3 Å². The quantitative estimate of drug-likeness (QED) is 0.464. The van der Waals surface area contributed by atoms with Gasteiger partial charge in [-0.15, -0.1) is 0 Å². The van der Waals surface area contributed by atoms with Crippen LogP contribution in [0.15, 0.2) is 0 Å². The van der Waals surface area contributed by atoms with Crippen molar-refractivity contribution in [3.8, 4) is 0 Å². The number of Topliss-reactive ketones (excluding diaryl/α,β-unsaturated/α-hetero) is 1. The number of carboxylic acid groups (broad SMARTS) is 1. The average Bonchev–Trinajstić information content (AvgIpc) is 3.04. The molecule has 3 atom stereocenters. The molecule has 5 nitrogen and oxygen atoms in total. The third kappa shape index (κ3) is 9.51. The predicted octanol–water partition coefficient (Wildman–Crippen LogP) is 5.73. The van der Waals surface area contributed by atoms with Crippen LogP contribution in [0.1, 0.15) is 105 Å². The van der Waals surface area contributed by atoms with Gasteiger partial charge in [-0.2, -0.15) is 0 Å². The van der Waals surface area contributed by atoms with Gasteiger partial charge < -0.3 is 14.9 Å². The SMILES string of the molecule is CC.CCCCC(F)(F)[C@@]1(O)CCC2CC(=O)CC2O1.CCCCCCC(=O)O. The molecule has 2 N–H and O–H groups in total. The van der Waals surface area contributed by atoms with Crippen LogP contribution in [0.5, 0.6) is 0 Å². The van der Waals surface area contributed by atoms with Crippen LogP contribution in [0.2, 0.25) is 0 Å². The predicted molar refractivity (Wildman–Crippen MR) is 109 cm³/mol. The maximum Gasteiger partial charge on any atom is 0.303 e. The highest BCUT2D eigenvalue weighted by Crippen LogP contribution is 2.46. The molecule has 2 unspecified atom stereocenters. The molecule has 0 bridgehead atoms. The zero-order valence-electron chi connectivity index (χ0n) is 18.5. The molecule has 1 saturated heterocycles. The van der Waals surface area contributed by atoms with E-state index in [-0.39, 0.29) is 31.0 Å². The Morgan fingerprint density at radius 2 is 1.76 bits per heavy atom. The minimum Gasteiger partial charge on any atom is -0.481 e. The number of halogens is 2. The number of hydrogen-bond donors (Lipinski definition) is 2. The number of alkyl halides is 2. The van der Waals surface area contributed by atoms with Gasteiger partial charge in [-0.1, -0.05) is 53.4 Å². The summed E-state index contributed by atoms with van der Waals surface area (Å²) in [5.41, 5.74) is 0. The number of carboxylic acids is 1. The number of ketones is 1. The van der Waals surface area contributed by atoms with E-state index >= 15 is 0 Å². The van der Waals surface area contributed by atoms with Crippen molar-refractivity contribution in [2.75, 3.05) is 0 Å². The second-order valence-corrected chi connectivity index (χ2v) is 7.70. The van der Waals surface area contributed by atoms with Crippen molar-refractivity contribution in [3.63, 3.8) is 0 Å².